The van der Waals surface area contributed by atoms with Crippen LogP contribution in [0, 0.1) is 0 Å². The van der Waals surface area contributed by atoms with Gasteiger partial charge in [-0.25, -0.2) is 0 Å². The zero-order chi connectivity index (χ0) is 47.8. The van der Waals surface area contributed by atoms with Gasteiger partial charge in [0.2, 0.25) is 0 Å². The van der Waals surface area contributed by atoms with Crippen molar-refractivity contribution in [3.05, 3.63) is 168 Å². The average molecular weight is 962 g/mol. The molecule has 0 radical (unpaired) electrons. The fraction of sp³-hybridized carbons (Fsp3) is 0.258. The monoisotopic (exact) mass is 962 g/mol. The summed E-state index contributed by atoms with van der Waals surface area (Å²) in [4.78, 5) is 10.5. The molecule has 69 heavy (non-hydrogen) atoms. The fourth-order valence-corrected chi connectivity index (χ4v) is 15.3. The number of para-hydroxylation sites is 2. The molecule has 7 aromatic carbocycles. The van der Waals surface area contributed by atoms with Gasteiger partial charge in [0.15, 0.2) is 0 Å². The molecule has 0 unspecified atom stereocenters. The summed E-state index contributed by atoms with van der Waals surface area (Å²) in [5.41, 5.74) is 26.6. The number of fused-ring (bicyclic) bond motifs is 11. The molecule has 5 aliphatic rings. The molecular weight excluding hydrogens is 901 g/mol. The number of benzene rings is 7. The Morgan fingerprint density at radius 1 is 0.319 bits per heavy atom. The van der Waals surface area contributed by atoms with E-state index < -0.39 is 0 Å². The van der Waals surface area contributed by atoms with Crippen molar-refractivity contribution in [3.8, 4) is 0 Å². The summed E-state index contributed by atoms with van der Waals surface area (Å²) in [5, 5.41) is 0. The van der Waals surface area contributed by atoms with Gasteiger partial charge in [0.05, 0.1) is 0 Å². The molecule has 0 atom stereocenters. The molecule has 7 heteroatoms. The molecule has 0 N–H and O–H groups in total. The van der Waals surface area contributed by atoms with E-state index in [0.29, 0.717) is 0 Å². The first-order chi connectivity index (χ1) is 32.8. The van der Waals surface area contributed by atoms with Crippen LogP contribution in [0.1, 0.15) is 105 Å². The number of hydrogen-bond acceptors (Lipinski definition) is 4. The molecule has 0 bridgehead atoms. The second-order valence-electron chi connectivity index (χ2n) is 24.3. The summed E-state index contributed by atoms with van der Waals surface area (Å²) in [7, 11) is 0. The number of hydrogen-bond donors (Lipinski definition) is 0. The molecule has 13 rings (SSSR count). The third-order valence-corrected chi connectivity index (χ3v) is 18.5. The van der Waals surface area contributed by atoms with E-state index in [0.717, 1.165) is 0 Å². The van der Waals surface area contributed by atoms with Crippen LogP contribution in [0.5, 0.6) is 0 Å². The van der Waals surface area contributed by atoms with Gasteiger partial charge >= 0.3 is 419 Å². The van der Waals surface area contributed by atoms with Crippen molar-refractivity contribution < 1.29 is 0 Å². The molecule has 0 saturated heterocycles. The molecule has 4 nitrogen and oxygen atoms in total. The van der Waals surface area contributed by atoms with Gasteiger partial charge in [0.25, 0.3) is 0 Å². The third-order valence-electron chi connectivity index (χ3n) is 15.8. The van der Waals surface area contributed by atoms with Crippen molar-refractivity contribution in [2.75, 3.05) is 19.6 Å². The maximum absolute atomic E-state index is 2.68. The van der Waals surface area contributed by atoms with Gasteiger partial charge in [0, 0.05) is 0 Å². The van der Waals surface area contributed by atoms with Crippen molar-refractivity contribution in [1.82, 2.24) is 0 Å². The first kappa shape index (κ1) is 42.9. The second kappa shape index (κ2) is 14.2. The van der Waals surface area contributed by atoms with Crippen LogP contribution in [0.25, 0.3) is 0 Å². The first-order valence-corrected chi connectivity index (χ1v) is 26.7. The average Bonchev–Trinajstić information content (AvgIpc) is 3.70. The molecule has 0 fully saturated rings. The number of anilines is 12. The zero-order valence-corrected chi connectivity index (χ0v) is 43.9. The van der Waals surface area contributed by atoms with Crippen LogP contribution in [0.4, 0.5) is 68.2 Å². The normalized spacial score (nSPS) is 15.1. The molecule has 1 aromatic heterocycles. The Morgan fingerprint density at radius 2 is 0.696 bits per heavy atom. The van der Waals surface area contributed by atoms with Crippen LogP contribution in [0.2, 0.25) is 0 Å². The predicted molar refractivity (Wildman–Crippen MR) is 300 cm³/mol. The van der Waals surface area contributed by atoms with E-state index >= 15 is 0 Å². The van der Waals surface area contributed by atoms with E-state index in [1.54, 1.807) is 8.67 Å². The van der Waals surface area contributed by atoms with E-state index in [1.165, 1.54) is 112 Å². The molecular formula is C62H60B2N4Se. The van der Waals surface area contributed by atoms with Crippen LogP contribution < -0.4 is 50.1 Å². The number of rotatable bonds is 2. The summed E-state index contributed by atoms with van der Waals surface area (Å²) >= 11 is 0.0101. The fourth-order valence-electron chi connectivity index (χ4n) is 12.1. The molecule has 0 spiro atoms. The maximum atomic E-state index is 2.68. The summed E-state index contributed by atoms with van der Waals surface area (Å²) in [6.07, 6.45) is 0. The summed E-state index contributed by atoms with van der Waals surface area (Å²) in [5.74, 6) is 0. The molecule has 340 valence electrons. The van der Waals surface area contributed by atoms with Crippen LogP contribution in [-0.2, 0) is 21.7 Å². The van der Waals surface area contributed by atoms with E-state index in [2.05, 4.69) is 248 Å². The first-order valence-electron chi connectivity index (χ1n) is 25.0. The molecule has 5 aliphatic heterocycles. The Hall–Kier alpha value is -6.13. The summed E-state index contributed by atoms with van der Waals surface area (Å²) in [6, 6.07) is 57.1. The third kappa shape index (κ3) is 6.09. The van der Waals surface area contributed by atoms with Gasteiger partial charge in [0.1, 0.15) is 0 Å². The quantitative estimate of drug-likeness (QED) is 0.160. The predicted octanol–water partition coefficient (Wildman–Crippen LogP) is 12.4. The standard InChI is InChI=1S/C62H60B2N4Se/c1-59(2,3)37-23-29-41(30-24-37)65-45-34-28-39(61(7,8)9)35-44(45)64-54-48(65)19-15-22-51(54)68-47-18-14-13-17-46(47)67-50-21-16-20-49-53(50)63(57-55(67)56(68)58(64)69-57)43-33-27-40(62(10,11)12)36-52(43)66(49)42-31-25-38(26-32-42)60(4,5)6/h13-36H,1-12H3. The van der Waals surface area contributed by atoms with Crippen LogP contribution >= 0.6 is 0 Å². The zero-order valence-electron chi connectivity index (χ0n) is 42.2. The molecule has 8 aromatic rings. The van der Waals surface area contributed by atoms with Crippen molar-refractivity contribution in [1.29, 1.82) is 0 Å². The van der Waals surface area contributed by atoms with Gasteiger partial charge in [-0.3, -0.25) is 0 Å². The Balaban J connectivity index is 1.10. The van der Waals surface area contributed by atoms with E-state index in [4.69, 9.17) is 0 Å². The van der Waals surface area contributed by atoms with Gasteiger partial charge in [-0.2, -0.15) is 0 Å². The molecule has 0 amide bonds. The van der Waals surface area contributed by atoms with E-state index in [1.807, 2.05) is 0 Å². The number of nitrogens with zero attached hydrogens (tertiary/aromatic N) is 4. The Labute approximate surface area is 416 Å². The Kier molecular flexibility index (Phi) is 8.86. The van der Waals surface area contributed by atoms with Crippen LogP contribution in [0.15, 0.2) is 146 Å². The van der Waals surface area contributed by atoms with Crippen molar-refractivity contribution >= 4 is 127 Å². The molecule has 6 heterocycles. The van der Waals surface area contributed by atoms with E-state index in [9.17, 15) is 0 Å². The minimum absolute atomic E-state index is 0.0101. The van der Waals surface area contributed by atoms with Gasteiger partial charge in [-0.15, -0.1) is 0 Å². The molecule has 0 saturated carbocycles. The van der Waals surface area contributed by atoms with Crippen molar-refractivity contribution in [2.45, 2.75) is 105 Å². The van der Waals surface area contributed by atoms with Crippen LogP contribution in [0.3, 0.4) is 0 Å². The minimum atomic E-state index is -0.0138. The van der Waals surface area contributed by atoms with Crippen molar-refractivity contribution in [2.24, 2.45) is 0 Å². The Morgan fingerprint density at radius 3 is 1.16 bits per heavy atom. The summed E-state index contributed by atoms with van der Waals surface area (Å²) in [6.45, 7) is 28.2. The van der Waals surface area contributed by atoms with E-state index in [-0.39, 0.29) is 49.6 Å². The van der Waals surface area contributed by atoms with Gasteiger partial charge in [-0.1, -0.05) is 0 Å². The Bertz CT molecular complexity index is 3470. The molecule has 0 aliphatic carbocycles. The van der Waals surface area contributed by atoms with Crippen LogP contribution in [-0.4, -0.2) is 27.9 Å². The summed E-state index contributed by atoms with van der Waals surface area (Å²) < 4.78 is 3.15. The van der Waals surface area contributed by atoms with Crippen molar-refractivity contribution in [3.63, 3.8) is 0 Å². The topological polar surface area (TPSA) is 13.0 Å². The van der Waals surface area contributed by atoms with Gasteiger partial charge in [-0.05, 0) is 0 Å². The SMILES string of the molecule is CC(C)(C)c1ccc(N2c3ccc(C(C)(C)C)cc3B3c4[se]c5c6c4N(c4ccccc4N6c4cccc6c4B5c4ccc(C(C)(C)C)cc4N6c4ccc(C(C)(C)C)cc4)c4cccc2c43)cc1. The second-order valence-corrected chi connectivity index (χ2v) is 26.6. The van der Waals surface area contributed by atoms with Gasteiger partial charge < -0.3 is 0 Å².